The molecule has 0 heterocycles. The summed E-state index contributed by atoms with van der Waals surface area (Å²) in [4.78, 5) is 0. The number of alkyl halides is 1. The molecule has 0 radical (unpaired) electrons. The molecule has 0 spiro atoms. The summed E-state index contributed by atoms with van der Waals surface area (Å²) in [5.74, 6) is 4.73. The van der Waals surface area contributed by atoms with Gasteiger partial charge >= 0.3 is 0 Å². The predicted octanol–water partition coefficient (Wildman–Crippen LogP) is 5.67. The minimum Gasteiger partial charge on any atom is -0.122 e. The largest absolute Gasteiger partial charge is 0.122 e. The summed E-state index contributed by atoms with van der Waals surface area (Å²) in [5.41, 5.74) is 1.38. The molecule has 0 saturated heterocycles. The van der Waals surface area contributed by atoms with E-state index in [0.29, 0.717) is 5.38 Å². The lowest BCUT2D eigenvalue weighted by Crippen LogP contribution is -2.48. The van der Waals surface area contributed by atoms with E-state index < -0.39 is 0 Å². The van der Waals surface area contributed by atoms with Crippen molar-refractivity contribution in [3.63, 3.8) is 0 Å². The van der Waals surface area contributed by atoms with Gasteiger partial charge < -0.3 is 0 Å². The molecule has 0 aromatic heterocycles. The van der Waals surface area contributed by atoms with E-state index in [0.717, 1.165) is 36.0 Å². The molecule has 4 saturated carbocycles. The van der Waals surface area contributed by atoms with E-state index in [2.05, 4.69) is 40.2 Å². The fraction of sp³-hybridized carbons (Fsp3) is 0.667. The lowest BCUT2D eigenvalue weighted by atomic mass is 9.51. The van der Waals surface area contributed by atoms with Gasteiger partial charge in [-0.15, -0.1) is 11.6 Å². The Morgan fingerprint density at radius 2 is 1.70 bits per heavy atom. The third-order valence-electron chi connectivity index (χ3n) is 6.04. The summed E-state index contributed by atoms with van der Waals surface area (Å²) < 4.78 is 1.17. The Bertz CT molecular complexity index is 470. The highest BCUT2D eigenvalue weighted by atomic mass is 79.9. The Hall–Kier alpha value is -0.0100. The van der Waals surface area contributed by atoms with Crippen molar-refractivity contribution in [3.05, 3.63) is 34.3 Å². The highest BCUT2D eigenvalue weighted by Crippen LogP contribution is 2.58. The van der Waals surface area contributed by atoms with Gasteiger partial charge in [0.2, 0.25) is 0 Å². The molecule has 20 heavy (non-hydrogen) atoms. The standard InChI is InChI=1S/C18H22BrCl/c19-16-3-1-2-11(9-16)10-17(20)18-14-5-12-4-13(7-14)8-15(18)6-12/h1-3,9,12-15,17-18H,4-8,10H2. The first-order valence-corrected chi connectivity index (χ1v) is 9.30. The monoisotopic (exact) mass is 352 g/mol. The van der Waals surface area contributed by atoms with E-state index in [4.69, 9.17) is 11.6 Å². The lowest BCUT2D eigenvalue weighted by Gasteiger charge is -2.55. The van der Waals surface area contributed by atoms with Gasteiger partial charge in [-0.2, -0.15) is 0 Å². The lowest BCUT2D eigenvalue weighted by molar-refractivity contribution is -0.0376. The minimum absolute atomic E-state index is 0.333. The van der Waals surface area contributed by atoms with Crippen LogP contribution in [0, 0.1) is 29.6 Å². The van der Waals surface area contributed by atoms with Crippen LogP contribution in [0.3, 0.4) is 0 Å². The zero-order valence-electron chi connectivity index (χ0n) is 11.8. The second kappa shape index (κ2) is 5.32. The normalized spacial score (nSPS) is 40.0. The summed E-state index contributed by atoms with van der Waals surface area (Å²) in [5, 5.41) is 0.333. The second-order valence-electron chi connectivity index (χ2n) is 7.36. The number of halogens is 2. The summed E-state index contributed by atoms with van der Waals surface area (Å²) in [6, 6.07) is 8.66. The van der Waals surface area contributed by atoms with Crippen molar-refractivity contribution in [2.45, 2.75) is 43.9 Å². The fourth-order valence-corrected chi connectivity index (χ4v) is 6.62. The van der Waals surface area contributed by atoms with E-state index in [9.17, 15) is 0 Å². The Morgan fingerprint density at radius 1 is 1.05 bits per heavy atom. The molecule has 1 aromatic rings. The van der Waals surface area contributed by atoms with Gasteiger partial charge in [-0.05, 0) is 85.8 Å². The zero-order valence-corrected chi connectivity index (χ0v) is 14.1. The van der Waals surface area contributed by atoms with Crippen molar-refractivity contribution in [3.8, 4) is 0 Å². The Morgan fingerprint density at radius 3 is 2.30 bits per heavy atom. The van der Waals surface area contributed by atoms with E-state index >= 15 is 0 Å². The summed E-state index contributed by atoms with van der Waals surface area (Å²) >= 11 is 10.5. The van der Waals surface area contributed by atoms with Gasteiger partial charge in [-0.25, -0.2) is 0 Å². The van der Waals surface area contributed by atoms with Crippen LogP contribution in [0.25, 0.3) is 0 Å². The maximum Gasteiger partial charge on any atom is 0.0409 e. The van der Waals surface area contributed by atoms with Crippen LogP contribution < -0.4 is 0 Å². The molecule has 1 unspecified atom stereocenters. The van der Waals surface area contributed by atoms with Crippen LogP contribution in [0.2, 0.25) is 0 Å². The average molecular weight is 354 g/mol. The maximum atomic E-state index is 6.90. The van der Waals surface area contributed by atoms with Crippen molar-refractivity contribution in [2.24, 2.45) is 29.6 Å². The molecule has 0 amide bonds. The molecule has 4 aliphatic carbocycles. The van der Waals surface area contributed by atoms with Crippen molar-refractivity contribution in [1.82, 2.24) is 0 Å². The van der Waals surface area contributed by atoms with Gasteiger partial charge in [0, 0.05) is 9.85 Å². The minimum atomic E-state index is 0.333. The van der Waals surface area contributed by atoms with Gasteiger partial charge in [0.1, 0.15) is 0 Å². The first kappa shape index (κ1) is 13.6. The number of hydrogen-bond donors (Lipinski definition) is 0. The predicted molar refractivity (Wildman–Crippen MR) is 88.0 cm³/mol. The molecule has 1 aromatic carbocycles. The van der Waals surface area contributed by atoms with Crippen LogP contribution in [-0.2, 0) is 6.42 Å². The smallest absolute Gasteiger partial charge is 0.0409 e. The van der Waals surface area contributed by atoms with Crippen LogP contribution in [0.4, 0.5) is 0 Å². The van der Waals surface area contributed by atoms with Gasteiger partial charge in [-0.3, -0.25) is 0 Å². The van der Waals surface area contributed by atoms with Crippen molar-refractivity contribution in [1.29, 1.82) is 0 Å². The number of rotatable bonds is 3. The topological polar surface area (TPSA) is 0 Å². The zero-order chi connectivity index (χ0) is 13.7. The molecule has 0 nitrogen and oxygen atoms in total. The Kier molecular flexibility index (Phi) is 3.63. The summed E-state index contributed by atoms with van der Waals surface area (Å²) in [7, 11) is 0. The quantitative estimate of drug-likeness (QED) is 0.614. The van der Waals surface area contributed by atoms with Gasteiger partial charge in [0.05, 0.1) is 0 Å². The van der Waals surface area contributed by atoms with Crippen LogP contribution in [0.15, 0.2) is 28.7 Å². The highest BCUT2D eigenvalue weighted by molar-refractivity contribution is 9.10. The first-order chi connectivity index (χ1) is 9.69. The third-order valence-corrected chi connectivity index (χ3v) is 6.98. The van der Waals surface area contributed by atoms with E-state index in [1.807, 2.05) is 0 Å². The van der Waals surface area contributed by atoms with E-state index in [1.165, 1.54) is 42.1 Å². The maximum absolute atomic E-state index is 6.90. The Labute approximate surface area is 135 Å². The van der Waals surface area contributed by atoms with Crippen molar-refractivity contribution in [2.75, 3.05) is 0 Å². The molecule has 0 N–H and O–H groups in total. The van der Waals surface area contributed by atoms with Crippen LogP contribution in [-0.4, -0.2) is 5.38 Å². The van der Waals surface area contributed by atoms with Gasteiger partial charge in [-0.1, -0.05) is 28.1 Å². The Balaban J connectivity index is 1.50. The van der Waals surface area contributed by atoms with Gasteiger partial charge in [0.15, 0.2) is 0 Å². The summed E-state index contributed by atoms with van der Waals surface area (Å²) in [6.45, 7) is 0. The van der Waals surface area contributed by atoms with Crippen molar-refractivity contribution >= 4 is 27.5 Å². The molecule has 108 valence electrons. The van der Waals surface area contributed by atoms with Crippen LogP contribution in [0.5, 0.6) is 0 Å². The van der Waals surface area contributed by atoms with E-state index in [-0.39, 0.29) is 0 Å². The third kappa shape index (κ3) is 2.46. The second-order valence-corrected chi connectivity index (χ2v) is 8.83. The van der Waals surface area contributed by atoms with Crippen LogP contribution in [0.1, 0.15) is 37.7 Å². The molecule has 2 heteroatoms. The highest BCUT2D eigenvalue weighted by Gasteiger charge is 2.50. The average Bonchev–Trinajstić information content (AvgIpc) is 2.37. The molecule has 0 aliphatic heterocycles. The molecular weight excluding hydrogens is 332 g/mol. The SMILES string of the molecule is ClC(Cc1cccc(Br)c1)C1C2CC3CC(C2)CC1C3. The van der Waals surface area contributed by atoms with E-state index in [1.54, 1.807) is 0 Å². The molecule has 5 rings (SSSR count). The first-order valence-electron chi connectivity index (χ1n) is 8.07. The van der Waals surface area contributed by atoms with Crippen LogP contribution >= 0.6 is 27.5 Å². The number of hydrogen-bond acceptors (Lipinski definition) is 0. The summed E-state index contributed by atoms with van der Waals surface area (Å²) in [6.07, 6.45) is 8.45. The molecule has 4 fully saturated rings. The fourth-order valence-electron chi connectivity index (χ4n) is 5.58. The van der Waals surface area contributed by atoms with Gasteiger partial charge in [0.25, 0.3) is 0 Å². The number of benzene rings is 1. The molecule has 1 atom stereocenters. The molecular formula is C18H22BrCl. The molecule has 4 aliphatic rings. The molecule has 4 bridgehead atoms. The van der Waals surface area contributed by atoms with Crippen molar-refractivity contribution < 1.29 is 0 Å².